The predicted octanol–water partition coefficient (Wildman–Crippen LogP) is 2.10. The largest absolute Gasteiger partial charge is 0.376 e. The lowest BCUT2D eigenvalue weighted by Gasteiger charge is -2.09. The number of benzene rings is 1. The van der Waals surface area contributed by atoms with Crippen LogP contribution in [0.3, 0.4) is 0 Å². The number of carbonyl (C=O) groups excluding carboxylic acids is 1. The Hall–Kier alpha value is -2.28. The van der Waals surface area contributed by atoms with Crippen molar-refractivity contribution in [1.82, 2.24) is 15.5 Å². The zero-order valence-corrected chi connectivity index (χ0v) is 12.6. The number of aryl methyl sites for hydroxylation is 1. The summed E-state index contributed by atoms with van der Waals surface area (Å²) in [4.78, 5) is 15.9. The van der Waals surface area contributed by atoms with Gasteiger partial charge in [-0.3, -0.25) is 4.79 Å². The molecule has 1 saturated heterocycles. The first kappa shape index (κ1) is 15.6. The number of hydrogen-bond acceptors (Lipinski definition) is 5. The van der Waals surface area contributed by atoms with E-state index in [1.54, 1.807) is 18.2 Å². The number of halogens is 1. The average molecular weight is 319 g/mol. The fourth-order valence-electron chi connectivity index (χ4n) is 2.45. The van der Waals surface area contributed by atoms with Gasteiger partial charge in [-0.1, -0.05) is 17.3 Å². The Morgan fingerprint density at radius 1 is 1.39 bits per heavy atom. The van der Waals surface area contributed by atoms with Gasteiger partial charge in [0.2, 0.25) is 17.6 Å². The number of aromatic nitrogens is 2. The van der Waals surface area contributed by atoms with Crippen LogP contribution in [0.15, 0.2) is 28.8 Å². The molecule has 1 unspecified atom stereocenters. The fourth-order valence-corrected chi connectivity index (χ4v) is 2.45. The number of rotatable bonds is 6. The van der Waals surface area contributed by atoms with E-state index in [1.165, 1.54) is 6.07 Å². The Balaban J connectivity index is 1.49. The van der Waals surface area contributed by atoms with Crippen LogP contribution in [-0.2, 0) is 16.0 Å². The van der Waals surface area contributed by atoms with E-state index in [2.05, 4.69) is 15.5 Å². The van der Waals surface area contributed by atoms with Gasteiger partial charge in [0.1, 0.15) is 5.82 Å². The summed E-state index contributed by atoms with van der Waals surface area (Å²) in [7, 11) is 0. The molecule has 1 fully saturated rings. The van der Waals surface area contributed by atoms with Crippen molar-refractivity contribution in [2.45, 2.75) is 31.8 Å². The van der Waals surface area contributed by atoms with Gasteiger partial charge in [0.05, 0.1) is 11.7 Å². The van der Waals surface area contributed by atoms with Crippen molar-refractivity contribution in [2.75, 3.05) is 13.2 Å². The molecule has 0 saturated carbocycles. The van der Waals surface area contributed by atoms with Crippen LogP contribution in [0.4, 0.5) is 4.39 Å². The number of nitrogens with one attached hydrogen (secondary N) is 1. The van der Waals surface area contributed by atoms with Crippen molar-refractivity contribution in [3.63, 3.8) is 0 Å². The molecule has 122 valence electrons. The third-order valence-electron chi connectivity index (χ3n) is 3.70. The normalized spacial score (nSPS) is 17.3. The van der Waals surface area contributed by atoms with Crippen LogP contribution in [-0.4, -0.2) is 35.3 Å². The summed E-state index contributed by atoms with van der Waals surface area (Å²) in [5, 5.41) is 6.59. The van der Waals surface area contributed by atoms with E-state index in [-0.39, 0.29) is 29.8 Å². The van der Waals surface area contributed by atoms with Gasteiger partial charge in [-0.25, -0.2) is 4.39 Å². The Labute approximate surface area is 133 Å². The second-order valence-electron chi connectivity index (χ2n) is 5.43. The Morgan fingerprint density at radius 3 is 3.04 bits per heavy atom. The summed E-state index contributed by atoms with van der Waals surface area (Å²) in [5.41, 5.74) is 0.283. The van der Waals surface area contributed by atoms with Crippen molar-refractivity contribution in [3.8, 4) is 11.4 Å². The lowest BCUT2D eigenvalue weighted by molar-refractivity contribution is -0.121. The zero-order valence-electron chi connectivity index (χ0n) is 12.6. The monoisotopic (exact) mass is 319 g/mol. The molecular formula is C16H18FN3O3. The average Bonchev–Trinajstić information content (AvgIpc) is 3.23. The molecule has 1 aliphatic heterocycles. The van der Waals surface area contributed by atoms with Crippen LogP contribution in [0.2, 0.25) is 0 Å². The highest BCUT2D eigenvalue weighted by Crippen LogP contribution is 2.19. The molecule has 3 rings (SSSR count). The second-order valence-corrected chi connectivity index (χ2v) is 5.43. The highest BCUT2D eigenvalue weighted by molar-refractivity contribution is 5.76. The minimum Gasteiger partial charge on any atom is -0.376 e. The van der Waals surface area contributed by atoms with E-state index in [0.29, 0.717) is 18.9 Å². The maximum atomic E-state index is 13.6. The van der Waals surface area contributed by atoms with Gasteiger partial charge in [-0.2, -0.15) is 4.98 Å². The maximum Gasteiger partial charge on any atom is 0.227 e. The third-order valence-corrected chi connectivity index (χ3v) is 3.70. The molecule has 0 radical (unpaired) electrons. The van der Waals surface area contributed by atoms with E-state index >= 15 is 0 Å². The van der Waals surface area contributed by atoms with Crippen LogP contribution >= 0.6 is 0 Å². The molecule has 1 atom stereocenters. The molecule has 0 spiro atoms. The van der Waals surface area contributed by atoms with Gasteiger partial charge in [0.15, 0.2) is 0 Å². The second kappa shape index (κ2) is 7.32. The minimum atomic E-state index is -0.408. The van der Waals surface area contributed by atoms with Gasteiger partial charge in [0.25, 0.3) is 0 Å². The highest BCUT2D eigenvalue weighted by Gasteiger charge is 2.17. The Morgan fingerprint density at radius 2 is 2.26 bits per heavy atom. The van der Waals surface area contributed by atoms with Crippen molar-refractivity contribution in [3.05, 3.63) is 36.0 Å². The standard InChI is InChI=1S/C16H18FN3O3/c17-13-6-2-1-5-12(13)16-19-15(23-20-16)8-7-14(21)18-10-11-4-3-9-22-11/h1-2,5-6,11H,3-4,7-10H2,(H,18,21). The van der Waals surface area contributed by atoms with Crippen LogP contribution in [0.5, 0.6) is 0 Å². The quantitative estimate of drug-likeness (QED) is 0.882. The summed E-state index contributed by atoms with van der Waals surface area (Å²) in [5.74, 6) is 0.00804. The van der Waals surface area contributed by atoms with Crippen LogP contribution in [0, 0.1) is 5.82 Å². The lowest BCUT2D eigenvalue weighted by atomic mass is 10.2. The van der Waals surface area contributed by atoms with Crippen molar-refractivity contribution in [1.29, 1.82) is 0 Å². The molecular weight excluding hydrogens is 301 g/mol. The topological polar surface area (TPSA) is 77.2 Å². The molecule has 2 heterocycles. The molecule has 1 N–H and O–H groups in total. The SMILES string of the molecule is O=C(CCc1nc(-c2ccccc2F)no1)NCC1CCCO1. The van der Waals surface area contributed by atoms with Crippen molar-refractivity contribution < 1.29 is 18.4 Å². The molecule has 0 aliphatic carbocycles. The van der Waals surface area contributed by atoms with Crippen LogP contribution in [0.25, 0.3) is 11.4 Å². The number of nitrogens with zero attached hydrogens (tertiary/aromatic N) is 2. The minimum absolute atomic E-state index is 0.0915. The molecule has 1 amide bonds. The number of ether oxygens (including phenoxy) is 1. The first-order chi connectivity index (χ1) is 11.2. The third kappa shape index (κ3) is 4.13. The molecule has 23 heavy (non-hydrogen) atoms. The van der Waals surface area contributed by atoms with E-state index < -0.39 is 5.82 Å². The first-order valence-electron chi connectivity index (χ1n) is 7.68. The van der Waals surface area contributed by atoms with Gasteiger partial charge >= 0.3 is 0 Å². The summed E-state index contributed by atoms with van der Waals surface area (Å²) in [6.07, 6.45) is 2.71. The zero-order chi connectivity index (χ0) is 16.1. The predicted molar refractivity (Wildman–Crippen MR) is 80.0 cm³/mol. The van der Waals surface area contributed by atoms with E-state index in [0.717, 1.165) is 19.4 Å². The highest BCUT2D eigenvalue weighted by atomic mass is 19.1. The van der Waals surface area contributed by atoms with E-state index in [9.17, 15) is 9.18 Å². The molecule has 1 aromatic carbocycles. The van der Waals surface area contributed by atoms with Crippen molar-refractivity contribution in [2.24, 2.45) is 0 Å². The van der Waals surface area contributed by atoms with Gasteiger partial charge in [0, 0.05) is 26.0 Å². The Bertz CT molecular complexity index is 668. The van der Waals surface area contributed by atoms with Crippen LogP contribution < -0.4 is 5.32 Å². The molecule has 1 aromatic heterocycles. The summed E-state index contributed by atoms with van der Waals surface area (Å²) < 4.78 is 24.2. The van der Waals surface area contributed by atoms with E-state index in [1.807, 2.05) is 0 Å². The number of carbonyl (C=O) groups is 1. The molecule has 6 nitrogen and oxygen atoms in total. The Kier molecular flexibility index (Phi) is 4.97. The molecule has 7 heteroatoms. The number of hydrogen-bond donors (Lipinski definition) is 1. The maximum absolute atomic E-state index is 13.6. The van der Waals surface area contributed by atoms with E-state index in [4.69, 9.17) is 9.26 Å². The summed E-state index contributed by atoms with van der Waals surface area (Å²) in [6.45, 7) is 1.30. The number of amides is 1. The first-order valence-corrected chi connectivity index (χ1v) is 7.68. The van der Waals surface area contributed by atoms with Gasteiger partial charge in [-0.15, -0.1) is 0 Å². The lowest BCUT2D eigenvalue weighted by Crippen LogP contribution is -2.31. The fraction of sp³-hybridized carbons (Fsp3) is 0.438. The molecule has 2 aromatic rings. The summed E-state index contributed by atoms with van der Waals surface area (Å²) >= 11 is 0. The summed E-state index contributed by atoms with van der Waals surface area (Å²) in [6, 6.07) is 6.22. The van der Waals surface area contributed by atoms with Crippen LogP contribution in [0.1, 0.15) is 25.2 Å². The molecule has 0 bridgehead atoms. The van der Waals surface area contributed by atoms with Gasteiger partial charge in [-0.05, 0) is 25.0 Å². The smallest absolute Gasteiger partial charge is 0.227 e. The van der Waals surface area contributed by atoms with Crippen molar-refractivity contribution >= 4 is 5.91 Å². The molecule has 1 aliphatic rings. The van der Waals surface area contributed by atoms with Gasteiger partial charge < -0.3 is 14.6 Å².